The Balaban J connectivity index is 2.29. The Morgan fingerprint density at radius 2 is 2.24 bits per heavy atom. The number of guanidine groups is 1. The highest BCUT2D eigenvalue weighted by Gasteiger charge is 2.48. The van der Waals surface area contributed by atoms with Gasteiger partial charge in [-0.05, 0) is 0 Å². The standard InChI is InChI=1S/C8H11N5O4/c1-12-5-4(6(16)11-8(12)17)13(2-3(14)15)7(9)10-5/h4-5H,2H2,1H3,(H2,9,10)(H,14,15)(H,11,16,17). The smallest absolute Gasteiger partial charge is 0.325 e. The summed E-state index contributed by atoms with van der Waals surface area (Å²) in [4.78, 5) is 39.9. The molecular weight excluding hydrogens is 230 g/mol. The minimum absolute atomic E-state index is 0.0564. The molecule has 0 spiro atoms. The second-order valence-corrected chi connectivity index (χ2v) is 3.77. The first-order valence-corrected chi connectivity index (χ1v) is 4.81. The molecule has 2 aliphatic heterocycles. The summed E-state index contributed by atoms with van der Waals surface area (Å²) in [5, 5.41) is 10.8. The molecule has 92 valence electrons. The summed E-state index contributed by atoms with van der Waals surface area (Å²) >= 11 is 0. The number of amides is 3. The van der Waals surface area contributed by atoms with Crippen LogP contribution in [0.4, 0.5) is 4.79 Å². The normalized spacial score (nSPS) is 27.7. The van der Waals surface area contributed by atoms with Gasteiger partial charge >= 0.3 is 12.0 Å². The molecule has 1 fully saturated rings. The number of carboxylic acids is 1. The summed E-state index contributed by atoms with van der Waals surface area (Å²) in [6.45, 7) is -0.439. The van der Waals surface area contributed by atoms with Crippen LogP contribution in [-0.4, -0.2) is 64.6 Å². The van der Waals surface area contributed by atoms with Crippen molar-refractivity contribution in [1.82, 2.24) is 15.1 Å². The molecule has 9 heteroatoms. The third kappa shape index (κ3) is 1.65. The molecule has 0 aliphatic carbocycles. The van der Waals surface area contributed by atoms with Gasteiger partial charge in [0.2, 0.25) is 0 Å². The van der Waals surface area contributed by atoms with E-state index in [0.717, 1.165) is 4.90 Å². The molecule has 2 unspecified atom stereocenters. The Morgan fingerprint density at radius 3 is 2.82 bits per heavy atom. The van der Waals surface area contributed by atoms with Crippen LogP contribution in [-0.2, 0) is 9.59 Å². The Morgan fingerprint density at radius 1 is 1.59 bits per heavy atom. The zero-order valence-electron chi connectivity index (χ0n) is 8.95. The van der Waals surface area contributed by atoms with Crippen LogP contribution in [0, 0.1) is 0 Å². The maximum atomic E-state index is 11.6. The Bertz CT molecular complexity index is 434. The molecule has 3 amide bonds. The fraction of sp³-hybridized carbons (Fsp3) is 0.500. The molecule has 4 N–H and O–H groups in total. The van der Waals surface area contributed by atoms with Crippen LogP contribution in [0.5, 0.6) is 0 Å². The minimum Gasteiger partial charge on any atom is -0.480 e. The molecule has 0 aromatic heterocycles. The fourth-order valence-corrected chi connectivity index (χ4v) is 1.87. The predicted molar refractivity (Wildman–Crippen MR) is 54.8 cm³/mol. The van der Waals surface area contributed by atoms with Crippen LogP contribution < -0.4 is 11.1 Å². The molecule has 9 nitrogen and oxygen atoms in total. The summed E-state index contributed by atoms with van der Waals surface area (Å²) in [6.07, 6.45) is -0.768. The number of likely N-dealkylation sites (N-methyl/N-ethyl adjacent to an activating group) is 1. The van der Waals surface area contributed by atoms with Gasteiger partial charge in [-0.2, -0.15) is 0 Å². The number of aliphatic carboxylic acids is 1. The maximum Gasteiger partial charge on any atom is 0.325 e. The van der Waals surface area contributed by atoms with Gasteiger partial charge in [0, 0.05) is 7.05 Å². The number of urea groups is 1. The summed E-state index contributed by atoms with van der Waals surface area (Å²) < 4.78 is 0. The van der Waals surface area contributed by atoms with Gasteiger partial charge in [0.15, 0.2) is 18.2 Å². The van der Waals surface area contributed by atoms with E-state index in [9.17, 15) is 14.4 Å². The number of carbonyl (C=O) groups is 3. The zero-order valence-corrected chi connectivity index (χ0v) is 8.95. The number of nitrogens with zero attached hydrogens (tertiary/aromatic N) is 3. The summed E-state index contributed by atoms with van der Waals surface area (Å²) in [5.74, 6) is -1.78. The van der Waals surface area contributed by atoms with Gasteiger partial charge in [-0.25, -0.2) is 9.79 Å². The van der Waals surface area contributed by atoms with Crippen LogP contribution in [0.25, 0.3) is 0 Å². The highest BCUT2D eigenvalue weighted by molar-refractivity contribution is 6.04. The predicted octanol–water partition coefficient (Wildman–Crippen LogP) is -2.42. The van der Waals surface area contributed by atoms with Crippen molar-refractivity contribution in [3.05, 3.63) is 0 Å². The van der Waals surface area contributed by atoms with E-state index in [2.05, 4.69) is 10.3 Å². The minimum atomic E-state index is -1.13. The number of fused-ring (bicyclic) bond motifs is 1. The molecular formula is C8H11N5O4. The van der Waals surface area contributed by atoms with Crippen molar-refractivity contribution in [3.63, 3.8) is 0 Å². The number of imide groups is 1. The number of hydrogen-bond acceptors (Lipinski definition) is 6. The van der Waals surface area contributed by atoms with E-state index in [1.807, 2.05) is 0 Å². The van der Waals surface area contributed by atoms with Crippen molar-refractivity contribution in [3.8, 4) is 0 Å². The number of hydrogen-bond donors (Lipinski definition) is 3. The van der Waals surface area contributed by atoms with Gasteiger partial charge in [-0.1, -0.05) is 0 Å². The van der Waals surface area contributed by atoms with Gasteiger partial charge in [0.05, 0.1) is 0 Å². The second-order valence-electron chi connectivity index (χ2n) is 3.77. The molecule has 1 saturated heterocycles. The Kier molecular flexibility index (Phi) is 2.37. The van der Waals surface area contributed by atoms with Crippen LogP contribution in [0.1, 0.15) is 0 Å². The highest BCUT2D eigenvalue weighted by atomic mass is 16.4. The average Bonchev–Trinajstić information content (AvgIpc) is 2.53. The van der Waals surface area contributed by atoms with Crippen molar-refractivity contribution >= 4 is 23.9 Å². The van der Waals surface area contributed by atoms with E-state index in [4.69, 9.17) is 10.8 Å². The molecule has 0 bridgehead atoms. The first kappa shape index (κ1) is 11.2. The molecule has 2 atom stereocenters. The van der Waals surface area contributed by atoms with Gasteiger partial charge < -0.3 is 20.6 Å². The van der Waals surface area contributed by atoms with E-state index in [1.165, 1.54) is 11.9 Å². The van der Waals surface area contributed by atoms with Crippen LogP contribution in [0.2, 0.25) is 0 Å². The lowest BCUT2D eigenvalue weighted by Crippen LogP contribution is -2.64. The van der Waals surface area contributed by atoms with Gasteiger partial charge in [-0.3, -0.25) is 14.9 Å². The quantitative estimate of drug-likeness (QED) is 0.493. The topological polar surface area (TPSA) is 128 Å². The van der Waals surface area contributed by atoms with Crippen molar-refractivity contribution in [2.45, 2.75) is 12.2 Å². The summed E-state index contributed by atoms with van der Waals surface area (Å²) in [6, 6.07) is -1.46. The first-order chi connectivity index (χ1) is 7.91. The van der Waals surface area contributed by atoms with E-state index >= 15 is 0 Å². The van der Waals surface area contributed by atoms with E-state index in [1.54, 1.807) is 0 Å². The van der Waals surface area contributed by atoms with E-state index in [-0.39, 0.29) is 5.96 Å². The molecule has 2 heterocycles. The van der Waals surface area contributed by atoms with E-state index in [0.29, 0.717) is 0 Å². The van der Waals surface area contributed by atoms with Crippen LogP contribution in [0.15, 0.2) is 4.99 Å². The lowest BCUT2D eigenvalue weighted by Gasteiger charge is -2.35. The number of aliphatic imine (C=N–C) groups is 1. The Labute approximate surface area is 95.9 Å². The van der Waals surface area contributed by atoms with Crippen LogP contribution in [0.3, 0.4) is 0 Å². The molecule has 17 heavy (non-hydrogen) atoms. The van der Waals surface area contributed by atoms with Gasteiger partial charge in [0.25, 0.3) is 5.91 Å². The van der Waals surface area contributed by atoms with Crippen molar-refractivity contribution in [1.29, 1.82) is 0 Å². The summed E-state index contributed by atoms with van der Waals surface area (Å²) in [7, 11) is 1.46. The van der Waals surface area contributed by atoms with Crippen molar-refractivity contribution in [2.24, 2.45) is 10.7 Å². The first-order valence-electron chi connectivity index (χ1n) is 4.81. The lowest BCUT2D eigenvalue weighted by atomic mass is 10.1. The molecule has 0 radical (unpaired) electrons. The van der Waals surface area contributed by atoms with E-state index < -0.39 is 36.7 Å². The van der Waals surface area contributed by atoms with Crippen molar-refractivity contribution in [2.75, 3.05) is 13.6 Å². The average molecular weight is 241 g/mol. The highest BCUT2D eigenvalue weighted by Crippen LogP contribution is 2.21. The Hall–Kier alpha value is -2.32. The van der Waals surface area contributed by atoms with Gasteiger partial charge in [0.1, 0.15) is 6.54 Å². The number of carbonyl (C=O) groups excluding carboxylic acids is 2. The monoisotopic (exact) mass is 241 g/mol. The summed E-state index contributed by atoms with van der Waals surface area (Å²) in [5.41, 5.74) is 5.55. The molecule has 0 aromatic carbocycles. The second kappa shape index (κ2) is 3.61. The third-order valence-corrected chi connectivity index (χ3v) is 2.70. The third-order valence-electron chi connectivity index (χ3n) is 2.70. The largest absolute Gasteiger partial charge is 0.480 e. The number of rotatable bonds is 2. The zero-order chi connectivity index (χ0) is 12.7. The number of nitrogens with two attached hydrogens (primary N) is 1. The maximum absolute atomic E-state index is 11.6. The van der Waals surface area contributed by atoms with Crippen LogP contribution >= 0.6 is 0 Å². The fourth-order valence-electron chi connectivity index (χ4n) is 1.87. The lowest BCUT2D eigenvalue weighted by molar-refractivity contribution is -0.138. The molecule has 2 rings (SSSR count). The molecule has 0 aromatic rings. The SMILES string of the molecule is CN1C(=O)NC(=O)C2C1N=C(N)N2CC(=O)O. The molecule has 2 aliphatic rings. The van der Waals surface area contributed by atoms with Crippen molar-refractivity contribution < 1.29 is 19.5 Å². The molecule has 0 saturated carbocycles. The number of nitrogens with one attached hydrogen (secondary N) is 1. The van der Waals surface area contributed by atoms with Gasteiger partial charge in [-0.15, -0.1) is 0 Å². The number of carboxylic acid groups (broad SMARTS) is 1.